The van der Waals surface area contributed by atoms with E-state index in [2.05, 4.69) is 26.9 Å². The van der Waals surface area contributed by atoms with E-state index in [1.54, 1.807) is 6.33 Å². The highest BCUT2D eigenvalue weighted by Crippen LogP contribution is 2.22. The number of aliphatic carboxylic acids is 1. The summed E-state index contributed by atoms with van der Waals surface area (Å²) in [6.45, 7) is 3.27. The molecule has 1 aliphatic heterocycles. The predicted molar refractivity (Wildman–Crippen MR) is 80.2 cm³/mol. The van der Waals surface area contributed by atoms with Crippen LogP contribution < -0.4 is 0 Å². The number of hydrogen-bond donors (Lipinski definition) is 3. The number of carbonyl (C=O) groups is 1. The van der Waals surface area contributed by atoms with Crippen LogP contribution in [0.15, 0.2) is 12.5 Å². The maximum atomic E-state index is 11.5. The van der Waals surface area contributed by atoms with Gasteiger partial charge < -0.3 is 15.1 Å². The minimum absolute atomic E-state index is 0.436. The molecule has 3 rings (SSSR count). The smallest absolute Gasteiger partial charge is 0.321 e. The summed E-state index contributed by atoms with van der Waals surface area (Å²) in [5.74, 6) is 0.169. The number of imidazole rings is 2. The first-order chi connectivity index (χ1) is 10.7. The molecule has 0 bridgehead atoms. The molecule has 0 saturated carbocycles. The van der Waals surface area contributed by atoms with Crippen molar-refractivity contribution in [1.29, 1.82) is 0 Å². The fourth-order valence-electron chi connectivity index (χ4n) is 2.87. The zero-order valence-corrected chi connectivity index (χ0v) is 12.7. The number of nitrogens with one attached hydrogen (secondary N) is 2. The second-order valence-electron chi connectivity index (χ2n) is 5.75. The second-order valence-corrected chi connectivity index (χ2v) is 5.75. The monoisotopic (exact) mass is 303 g/mol. The molecule has 3 heterocycles. The number of hydrogen-bond acceptors (Lipinski definition) is 4. The van der Waals surface area contributed by atoms with E-state index in [-0.39, 0.29) is 0 Å². The van der Waals surface area contributed by atoms with Crippen LogP contribution in [0.4, 0.5) is 0 Å². The standard InChI is InChI=1S/C15H21N5O2/c1-2-3-4-14-16-6-10(19-14)7-20-8-12-11(17-9-18-12)5-13(20)15(21)22/h6,9,13H,2-5,7-8H2,1H3,(H,16,19)(H,17,18)(H,21,22). The Labute approximate surface area is 128 Å². The summed E-state index contributed by atoms with van der Waals surface area (Å²) in [7, 11) is 0. The first kappa shape index (κ1) is 14.8. The number of H-pyrrole nitrogens is 2. The van der Waals surface area contributed by atoms with Crippen LogP contribution in [0.3, 0.4) is 0 Å². The van der Waals surface area contributed by atoms with Crippen LogP contribution >= 0.6 is 0 Å². The number of nitrogens with zero attached hydrogens (tertiary/aromatic N) is 3. The molecule has 0 fully saturated rings. The van der Waals surface area contributed by atoms with Crippen molar-refractivity contribution in [1.82, 2.24) is 24.8 Å². The van der Waals surface area contributed by atoms with Gasteiger partial charge in [0.05, 0.1) is 17.7 Å². The van der Waals surface area contributed by atoms with Crippen LogP contribution in [0, 0.1) is 0 Å². The molecule has 0 radical (unpaired) electrons. The Morgan fingerprint density at radius 3 is 3.14 bits per heavy atom. The summed E-state index contributed by atoms with van der Waals surface area (Å²) in [6.07, 6.45) is 7.05. The summed E-state index contributed by atoms with van der Waals surface area (Å²) in [5, 5.41) is 9.47. The fourth-order valence-corrected chi connectivity index (χ4v) is 2.87. The molecule has 1 unspecified atom stereocenters. The fraction of sp³-hybridized carbons (Fsp3) is 0.533. The molecular weight excluding hydrogens is 282 g/mol. The molecule has 22 heavy (non-hydrogen) atoms. The van der Waals surface area contributed by atoms with Crippen LogP contribution in [-0.4, -0.2) is 42.0 Å². The Bertz CT molecular complexity index is 648. The van der Waals surface area contributed by atoms with Gasteiger partial charge in [-0.25, -0.2) is 9.97 Å². The molecule has 2 aromatic rings. The number of rotatable bonds is 6. The Morgan fingerprint density at radius 2 is 2.36 bits per heavy atom. The summed E-state index contributed by atoms with van der Waals surface area (Å²) >= 11 is 0. The molecule has 0 aliphatic carbocycles. The lowest BCUT2D eigenvalue weighted by atomic mass is 10.0. The van der Waals surface area contributed by atoms with E-state index in [1.165, 1.54) is 0 Å². The van der Waals surface area contributed by atoms with Crippen molar-refractivity contribution < 1.29 is 9.90 Å². The van der Waals surface area contributed by atoms with E-state index < -0.39 is 12.0 Å². The molecule has 2 aromatic heterocycles. The molecule has 1 aliphatic rings. The van der Waals surface area contributed by atoms with Crippen molar-refractivity contribution in [2.24, 2.45) is 0 Å². The van der Waals surface area contributed by atoms with Gasteiger partial charge in [-0.1, -0.05) is 13.3 Å². The molecule has 3 N–H and O–H groups in total. The van der Waals surface area contributed by atoms with Crippen molar-refractivity contribution >= 4 is 5.97 Å². The van der Waals surface area contributed by atoms with Gasteiger partial charge in [-0.15, -0.1) is 0 Å². The molecule has 7 nitrogen and oxygen atoms in total. The topological polar surface area (TPSA) is 97.9 Å². The highest BCUT2D eigenvalue weighted by Gasteiger charge is 2.33. The number of aromatic nitrogens is 4. The van der Waals surface area contributed by atoms with Gasteiger partial charge in [-0.2, -0.15) is 0 Å². The second kappa shape index (κ2) is 6.31. The molecular formula is C15H21N5O2. The molecule has 0 amide bonds. The number of carboxylic acids is 1. The minimum atomic E-state index is -0.806. The molecule has 0 saturated heterocycles. The highest BCUT2D eigenvalue weighted by molar-refractivity contribution is 5.74. The third kappa shape index (κ3) is 3.04. The summed E-state index contributed by atoms with van der Waals surface area (Å²) in [5.41, 5.74) is 2.82. The van der Waals surface area contributed by atoms with Gasteiger partial charge in [0, 0.05) is 37.8 Å². The van der Waals surface area contributed by atoms with Gasteiger partial charge in [0.2, 0.25) is 0 Å². The van der Waals surface area contributed by atoms with Crippen molar-refractivity contribution in [3.63, 3.8) is 0 Å². The Morgan fingerprint density at radius 1 is 1.50 bits per heavy atom. The van der Waals surface area contributed by atoms with Crippen LogP contribution in [0.2, 0.25) is 0 Å². The van der Waals surface area contributed by atoms with Crippen molar-refractivity contribution in [3.05, 3.63) is 35.4 Å². The van der Waals surface area contributed by atoms with E-state index in [0.29, 0.717) is 19.5 Å². The lowest BCUT2D eigenvalue weighted by Crippen LogP contribution is -2.45. The van der Waals surface area contributed by atoms with Crippen LogP contribution in [0.1, 0.15) is 42.7 Å². The largest absolute Gasteiger partial charge is 0.480 e. The zero-order chi connectivity index (χ0) is 15.5. The van der Waals surface area contributed by atoms with Gasteiger partial charge in [0.1, 0.15) is 11.9 Å². The number of aromatic amines is 2. The van der Waals surface area contributed by atoms with Crippen LogP contribution in [0.5, 0.6) is 0 Å². The quantitative estimate of drug-likeness (QED) is 0.751. The predicted octanol–water partition coefficient (Wildman–Crippen LogP) is 1.49. The summed E-state index contributed by atoms with van der Waals surface area (Å²) in [4.78, 5) is 28.4. The normalized spacial score (nSPS) is 18.3. The molecule has 0 aromatic carbocycles. The van der Waals surface area contributed by atoms with Crippen LogP contribution in [0.25, 0.3) is 0 Å². The number of aryl methyl sites for hydroxylation is 1. The average Bonchev–Trinajstić information content (AvgIpc) is 3.12. The number of unbranched alkanes of at least 4 members (excludes halogenated alkanes) is 1. The third-order valence-electron chi connectivity index (χ3n) is 4.10. The minimum Gasteiger partial charge on any atom is -0.480 e. The van der Waals surface area contributed by atoms with E-state index in [0.717, 1.165) is 42.2 Å². The molecule has 7 heteroatoms. The van der Waals surface area contributed by atoms with Gasteiger partial charge >= 0.3 is 5.97 Å². The van der Waals surface area contributed by atoms with Gasteiger partial charge in [-0.05, 0) is 6.42 Å². The lowest BCUT2D eigenvalue weighted by Gasteiger charge is -2.31. The van der Waals surface area contributed by atoms with Crippen molar-refractivity contribution in [3.8, 4) is 0 Å². The molecule has 118 valence electrons. The zero-order valence-electron chi connectivity index (χ0n) is 12.7. The maximum Gasteiger partial charge on any atom is 0.321 e. The summed E-state index contributed by atoms with van der Waals surface area (Å²) < 4.78 is 0. The maximum absolute atomic E-state index is 11.5. The molecule has 1 atom stereocenters. The van der Waals surface area contributed by atoms with E-state index in [4.69, 9.17) is 0 Å². The van der Waals surface area contributed by atoms with Gasteiger partial charge in [-0.3, -0.25) is 9.69 Å². The van der Waals surface area contributed by atoms with E-state index >= 15 is 0 Å². The van der Waals surface area contributed by atoms with Crippen LogP contribution in [-0.2, 0) is 30.7 Å². The Balaban J connectivity index is 1.72. The Kier molecular flexibility index (Phi) is 4.24. The lowest BCUT2D eigenvalue weighted by molar-refractivity contribution is -0.144. The number of fused-ring (bicyclic) bond motifs is 1. The third-order valence-corrected chi connectivity index (χ3v) is 4.10. The van der Waals surface area contributed by atoms with E-state index in [1.807, 2.05) is 11.1 Å². The van der Waals surface area contributed by atoms with Crippen molar-refractivity contribution in [2.45, 2.75) is 51.7 Å². The SMILES string of the molecule is CCCCc1ncc(CN2Cc3[nH]cnc3CC2C(=O)O)[nH]1. The van der Waals surface area contributed by atoms with Gasteiger partial charge in [0.15, 0.2) is 0 Å². The summed E-state index contributed by atoms with van der Waals surface area (Å²) in [6, 6.07) is -0.543. The number of carboxylic acid groups (broad SMARTS) is 1. The van der Waals surface area contributed by atoms with Crippen molar-refractivity contribution in [2.75, 3.05) is 0 Å². The first-order valence-corrected chi connectivity index (χ1v) is 7.68. The first-order valence-electron chi connectivity index (χ1n) is 7.68. The van der Waals surface area contributed by atoms with E-state index in [9.17, 15) is 9.90 Å². The Hall–Kier alpha value is -2.15. The highest BCUT2D eigenvalue weighted by atomic mass is 16.4. The molecule has 0 spiro atoms. The average molecular weight is 303 g/mol. The van der Waals surface area contributed by atoms with Gasteiger partial charge in [0.25, 0.3) is 0 Å².